The third-order valence-corrected chi connectivity index (χ3v) is 4.36. The van der Waals surface area contributed by atoms with Gasteiger partial charge in [0.2, 0.25) is 0 Å². The summed E-state index contributed by atoms with van der Waals surface area (Å²) in [6.07, 6.45) is 8.54. The molecule has 4 nitrogen and oxygen atoms in total. The zero-order chi connectivity index (χ0) is 16.6. The molecule has 0 N–H and O–H groups in total. The maximum Gasteiger partial charge on any atom is 0.323 e. The van der Waals surface area contributed by atoms with Crippen LogP contribution in [0.25, 0.3) is 0 Å². The van der Waals surface area contributed by atoms with Crippen molar-refractivity contribution in [2.45, 2.75) is 46.5 Å². The minimum absolute atomic E-state index is 0.205. The van der Waals surface area contributed by atoms with Gasteiger partial charge in [-0.25, -0.2) is 0 Å². The number of hydrogen-bond acceptors (Lipinski definition) is 4. The molecule has 0 aromatic heterocycles. The monoisotopic (exact) mass is 308 g/mol. The van der Waals surface area contributed by atoms with E-state index in [1.807, 2.05) is 19.1 Å². The van der Waals surface area contributed by atoms with E-state index in [0.29, 0.717) is 18.8 Å². The number of carbonyl (C=O) groups is 2. The summed E-state index contributed by atoms with van der Waals surface area (Å²) in [5, 5.41) is 0. The van der Waals surface area contributed by atoms with Crippen LogP contribution in [0.4, 0.5) is 0 Å². The van der Waals surface area contributed by atoms with Gasteiger partial charge in [0.15, 0.2) is 5.41 Å². The van der Waals surface area contributed by atoms with Crippen LogP contribution in [-0.2, 0) is 19.1 Å². The number of esters is 2. The predicted octanol–water partition coefficient (Wildman–Crippen LogP) is 3.67. The summed E-state index contributed by atoms with van der Waals surface area (Å²) >= 11 is 0. The van der Waals surface area contributed by atoms with Crippen LogP contribution in [0.15, 0.2) is 24.8 Å². The summed E-state index contributed by atoms with van der Waals surface area (Å²) in [6, 6.07) is 0. The second kappa shape index (κ2) is 8.76. The molecule has 1 saturated carbocycles. The Bertz CT molecular complexity index is 407. The lowest BCUT2D eigenvalue weighted by Crippen LogP contribution is -2.47. The molecule has 0 heterocycles. The number of ether oxygens (including phenoxy) is 2. The van der Waals surface area contributed by atoms with Crippen molar-refractivity contribution in [2.75, 3.05) is 13.2 Å². The highest BCUT2D eigenvalue weighted by Crippen LogP contribution is 2.46. The van der Waals surface area contributed by atoms with Crippen LogP contribution in [0.2, 0.25) is 0 Å². The van der Waals surface area contributed by atoms with E-state index in [0.717, 1.165) is 12.8 Å². The van der Waals surface area contributed by atoms with Crippen molar-refractivity contribution in [3.05, 3.63) is 24.8 Å². The third-order valence-electron chi connectivity index (χ3n) is 4.36. The van der Waals surface area contributed by atoms with Gasteiger partial charge in [0.1, 0.15) is 0 Å². The number of hydrogen-bond donors (Lipinski definition) is 0. The Morgan fingerprint density at radius 2 is 1.82 bits per heavy atom. The van der Waals surface area contributed by atoms with Crippen molar-refractivity contribution in [1.29, 1.82) is 0 Å². The topological polar surface area (TPSA) is 52.6 Å². The number of allylic oxidation sites excluding steroid dienone is 3. The van der Waals surface area contributed by atoms with Crippen LogP contribution in [0.1, 0.15) is 46.5 Å². The first kappa shape index (κ1) is 18.5. The van der Waals surface area contributed by atoms with Gasteiger partial charge in [-0.3, -0.25) is 9.59 Å². The van der Waals surface area contributed by atoms with Crippen molar-refractivity contribution in [1.82, 2.24) is 0 Å². The lowest BCUT2D eigenvalue weighted by molar-refractivity contribution is -0.176. The molecule has 0 bridgehead atoms. The molecule has 1 aliphatic carbocycles. The molecular weight excluding hydrogens is 280 g/mol. The van der Waals surface area contributed by atoms with Gasteiger partial charge in [-0.05, 0) is 58.3 Å². The maximum absolute atomic E-state index is 12.5. The summed E-state index contributed by atoms with van der Waals surface area (Å²) in [5.41, 5.74) is -1.15. The zero-order valence-corrected chi connectivity index (χ0v) is 14.0. The molecule has 22 heavy (non-hydrogen) atoms. The van der Waals surface area contributed by atoms with Crippen LogP contribution in [0.3, 0.4) is 0 Å². The van der Waals surface area contributed by atoms with Crippen molar-refractivity contribution in [3.8, 4) is 0 Å². The molecule has 1 aliphatic rings. The van der Waals surface area contributed by atoms with E-state index in [1.165, 1.54) is 0 Å². The first-order valence-corrected chi connectivity index (χ1v) is 8.13. The molecule has 0 saturated heterocycles. The molecule has 0 aliphatic heterocycles. The average molecular weight is 308 g/mol. The highest BCUT2D eigenvalue weighted by molar-refractivity contribution is 6.00. The molecule has 1 rings (SSSR count). The van der Waals surface area contributed by atoms with Crippen LogP contribution in [-0.4, -0.2) is 25.2 Å². The van der Waals surface area contributed by atoms with Gasteiger partial charge < -0.3 is 9.47 Å². The van der Waals surface area contributed by atoms with Crippen LogP contribution in [0.5, 0.6) is 0 Å². The van der Waals surface area contributed by atoms with E-state index in [9.17, 15) is 9.59 Å². The van der Waals surface area contributed by atoms with E-state index in [-0.39, 0.29) is 19.1 Å². The smallest absolute Gasteiger partial charge is 0.323 e. The Morgan fingerprint density at radius 3 is 2.27 bits per heavy atom. The van der Waals surface area contributed by atoms with Crippen LogP contribution < -0.4 is 0 Å². The van der Waals surface area contributed by atoms with Crippen molar-refractivity contribution < 1.29 is 19.1 Å². The van der Waals surface area contributed by atoms with E-state index in [4.69, 9.17) is 9.47 Å². The van der Waals surface area contributed by atoms with Crippen LogP contribution in [0, 0.1) is 17.3 Å². The molecule has 0 unspecified atom stereocenters. The first-order valence-electron chi connectivity index (χ1n) is 8.13. The van der Waals surface area contributed by atoms with Gasteiger partial charge in [-0.1, -0.05) is 18.2 Å². The van der Waals surface area contributed by atoms with E-state index < -0.39 is 17.4 Å². The minimum Gasteiger partial charge on any atom is -0.465 e. The van der Waals surface area contributed by atoms with E-state index in [1.54, 1.807) is 13.8 Å². The standard InChI is InChI=1S/C18H28O4/c1-5-9-14-11-12-18(16(19)21-7-3,17(20)22-8-4)13-15(14)10-6-2/h5-6,9,14-15H,2,7-8,10-13H2,1,3-4H3/b9-5+/t14-,15-/m1/s1. The molecular formula is C18H28O4. The second-order valence-corrected chi connectivity index (χ2v) is 5.74. The Balaban J connectivity index is 3.08. The molecule has 0 aromatic rings. The first-order chi connectivity index (χ1) is 10.6. The van der Waals surface area contributed by atoms with Crippen LogP contribution >= 0.6 is 0 Å². The summed E-state index contributed by atoms with van der Waals surface area (Å²) in [4.78, 5) is 25.0. The molecule has 124 valence electrons. The van der Waals surface area contributed by atoms with Crippen molar-refractivity contribution in [2.24, 2.45) is 17.3 Å². The summed E-state index contributed by atoms with van der Waals surface area (Å²) < 4.78 is 10.4. The second-order valence-electron chi connectivity index (χ2n) is 5.74. The number of carbonyl (C=O) groups excluding carboxylic acids is 2. The molecule has 0 aromatic carbocycles. The zero-order valence-electron chi connectivity index (χ0n) is 14.0. The van der Waals surface area contributed by atoms with Gasteiger partial charge in [-0.15, -0.1) is 6.58 Å². The molecule has 0 amide bonds. The largest absolute Gasteiger partial charge is 0.465 e. The molecule has 1 fully saturated rings. The fourth-order valence-electron chi connectivity index (χ4n) is 3.32. The predicted molar refractivity (Wildman–Crippen MR) is 86.2 cm³/mol. The molecule has 4 heteroatoms. The lowest BCUT2D eigenvalue weighted by atomic mass is 9.64. The van der Waals surface area contributed by atoms with Gasteiger partial charge in [-0.2, -0.15) is 0 Å². The SMILES string of the molecule is C=CC[C@@H]1CC(C(=O)OCC)(C(=O)OCC)CC[C@H]1/C=C/C. The van der Waals surface area contributed by atoms with Gasteiger partial charge in [0, 0.05) is 0 Å². The van der Waals surface area contributed by atoms with E-state index in [2.05, 4.69) is 12.7 Å². The van der Waals surface area contributed by atoms with Crippen molar-refractivity contribution >= 4 is 11.9 Å². The molecule has 2 atom stereocenters. The van der Waals surface area contributed by atoms with Crippen molar-refractivity contribution in [3.63, 3.8) is 0 Å². The maximum atomic E-state index is 12.5. The number of rotatable bonds is 7. The fourth-order valence-corrected chi connectivity index (χ4v) is 3.32. The Labute approximate surface area is 133 Å². The Hall–Kier alpha value is -1.58. The highest BCUT2D eigenvalue weighted by Gasteiger charge is 2.53. The van der Waals surface area contributed by atoms with Gasteiger partial charge >= 0.3 is 11.9 Å². The normalized spacial score (nSPS) is 24.0. The lowest BCUT2D eigenvalue weighted by Gasteiger charge is -2.40. The molecule has 0 radical (unpaired) electrons. The minimum atomic E-state index is -1.15. The Morgan fingerprint density at radius 1 is 1.23 bits per heavy atom. The summed E-state index contributed by atoms with van der Waals surface area (Å²) in [7, 11) is 0. The van der Waals surface area contributed by atoms with E-state index >= 15 is 0 Å². The summed E-state index contributed by atoms with van der Waals surface area (Å²) in [6.45, 7) is 9.84. The van der Waals surface area contributed by atoms with Gasteiger partial charge in [0.25, 0.3) is 0 Å². The quantitative estimate of drug-likeness (QED) is 0.409. The fraction of sp³-hybridized carbons (Fsp3) is 0.667. The van der Waals surface area contributed by atoms with Gasteiger partial charge in [0.05, 0.1) is 13.2 Å². The average Bonchev–Trinajstić information content (AvgIpc) is 2.50. The Kier molecular flexibility index (Phi) is 7.36. The highest BCUT2D eigenvalue weighted by atomic mass is 16.6. The molecule has 0 spiro atoms. The third kappa shape index (κ3) is 3.99. The summed E-state index contributed by atoms with van der Waals surface area (Å²) in [5.74, 6) is -0.320.